The third-order valence-electron chi connectivity index (χ3n) is 3.57. The molecule has 0 saturated heterocycles. The van der Waals surface area contributed by atoms with Gasteiger partial charge in [-0.15, -0.1) is 0 Å². The maximum absolute atomic E-state index is 11.2. The fraction of sp³-hybridized carbons (Fsp3) is 0.571. The molecule has 1 saturated carbocycles. The summed E-state index contributed by atoms with van der Waals surface area (Å²) in [6.07, 6.45) is 2.35. The van der Waals surface area contributed by atoms with Crippen LogP contribution in [-0.2, 0) is 9.84 Å². The van der Waals surface area contributed by atoms with Gasteiger partial charge in [0.1, 0.15) is 9.84 Å². The second-order valence-electron chi connectivity index (χ2n) is 5.67. The number of hydrogen-bond donors (Lipinski definition) is 1. The zero-order valence-corrected chi connectivity index (χ0v) is 13.9. The Morgan fingerprint density at radius 2 is 2.10 bits per heavy atom. The lowest BCUT2D eigenvalue weighted by atomic mass is 10.1. The molecular weight excluding hydrogens is 317 g/mol. The van der Waals surface area contributed by atoms with E-state index in [1.165, 1.54) is 6.26 Å². The van der Waals surface area contributed by atoms with Crippen molar-refractivity contribution < 1.29 is 8.42 Å². The second kappa shape index (κ2) is 6.22. The van der Waals surface area contributed by atoms with Gasteiger partial charge in [-0.3, -0.25) is 0 Å². The van der Waals surface area contributed by atoms with Gasteiger partial charge in [0.05, 0.1) is 5.75 Å². The standard InChI is InChI=1S/C14H19Cl2NO2S/c1-9(8-20(2,18)19)17-7-10-5-13(10)12-4-3-11(15)6-14(12)16/h3-4,6,9-10,13,17H,5,7-8H2,1-2H3. The molecule has 1 fully saturated rings. The van der Waals surface area contributed by atoms with Crippen molar-refractivity contribution >= 4 is 33.0 Å². The minimum Gasteiger partial charge on any atom is -0.313 e. The summed E-state index contributed by atoms with van der Waals surface area (Å²) in [4.78, 5) is 0. The van der Waals surface area contributed by atoms with Gasteiger partial charge in [0.2, 0.25) is 0 Å². The number of rotatable bonds is 6. The Balaban J connectivity index is 1.84. The molecule has 1 aromatic rings. The summed E-state index contributed by atoms with van der Waals surface area (Å²) < 4.78 is 22.4. The van der Waals surface area contributed by atoms with E-state index >= 15 is 0 Å². The monoisotopic (exact) mass is 335 g/mol. The molecule has 1 aliphatic rings. The summed E-state index contributed by atoms with van der Waals surface area (Å²) in [6.45, 7) is 2.72. The molecule has 1 aromatic carbocycles. The van der Waals surface area contributed by atoms with Gasteiger partial charge in [-0.2, -0.15) is 0 Å². The minimum atomic E-state index is -2.93. The molecule has 0 spiro atoms. The first-order valence-corrected chi connectivity index (χ1v) is 9.44. The lowest BCUT2D eigenvalue weighted by Gasteiger charge is -2.12. The van der Waals surface area contributed by atoms with E-state index in [1.807, 2.05) is 19.1 Å². The summed E-state index contributed by atoms with van der Waals surface area (Å²) in [5.74, 6) is 1.15. The van der Waals surface area contributed by atoms with Crippen molar-refractivity contribution in [1.82, 2.24) is 5.32 Å². The van der Waals surface area contributed by atoms with Crippen LogP contribution in [0.4, 0.5) is 0 Å². The molecule has 0 amide bonds. The SMILES string of the molecule is CC(CS(C)(=O)=O)NCC1CC1c1ccc(Cl)cc1Cl. The highest BCUT2D eigenvalue weighted by atomic mass is 35.5. The van der Waals surface area contributed by atoms with Gasteiger partial charge < -0.3 is 5.32 Å². The van der Waals surface area contributed by atoms with Crippen molar-refractivity contribution in [3.63, 3.8) is 0 Å². The maximum Gasteiger partial charge on any atom is 0.148 e. The van der Waals surface area contributed by atoms with Crippen LogP contribution in [0, 0.1) is 5.92 Å². The molecule has 0 aromatic heterocycles. The number of halogens is 2. The quantitative estimate of drug-likeness (QED) is 0.868. The largest absolute Gasteiger partial charge is 0.313 e. The van der Waals surface area contributed by atoms with Crippen LogP contribution in [0.5, 0.6) is 0 Å². The molecule has 20 heavy (non-hydrogen) atoms. The van der Waals surface area contributed by atoms with Crippen molar-refractivity contribution in [2.24, 2.45) is 5.92 Å². The van der Waals surface area contributed by atoms with Gasteiger partial charge in [-0.05, 0) is 49.4 Å². The Hall–Kier alpha value is -0.290. The topological polar surface area (TPSA) is 46.2 Å². The summed E-state index contributed by atoms with van der Waals surface area (Å²) in [5, 5.41) is 4.65. The fourth-order valence-corrected chi connectivity index (χ4v) is 4.10. The third kappa shape index (κ3) is 4.62. The highest BCUT2D eigenvalue weighted by molar-refractivity contribution is 7.90. The zero-order chi connectivity index (χ0) is 14.9. The van der Waals surface area contributed by atoms with E-state index in [-0.39, 0.29) is 11.8 Å². The highest BCUT2D eigenvalue weighted by Gasteiger charge is 2.39. The second-order valence-corrected chi connectivity index (χ2v) is 8.70. The molecule has 0 heterocycles. The molecule has 1 N–H and O–H groups in total. The van der Waals surface area contributed by atoms with Crippen LogP contribution >= 0.6 is 23.2 Å². The lowest BCUT2D eigenvalue weighted by Crippen LogP contribution is -2.34. The first-order valence-electron chi connectivity index (χ1n) is 6.62. The average Bonchev–Trinajstić information content (AvgIpc) is 3.03. The number of nitrogens with one attached hydrogen (secondary N) is 1. The van der Waals surface area contributed by atoms with E-state index < -0.39 is 9.84 Å². The molecule has 0 bridgehead atoms. The average molecular weight is 336 g/mol. The van der Waals surface area contributed by atoms with E-state index in [4.69, 9.17) is 23.2 Å². The normalized spacial score (nSPS) is 23.6. The van der Waals surface area contributed by atoms with Crippen LogP contribution < -0.4 is 5.32 Å². The van der Waals surface area contributed by atoms with Crippen LogP contribution in [-0.4, -0.2) is 33.0 Å². The van der Waals surface area contributed by atoms with Gasteiger partial charge in [0.15, 0.2) is 0 Å². The van der Waals surface area contributed by atoms with E-state index in [9.17, 15) is 8.42 Å². The minimum absolute atomic E-state index is 0.0214. The van der Waals surface area contributed by atoms with Crippen LogP contribution in [0.3, 0.4) is 0 Å². The summed E-state index contributed by atoms with van der Waals surface area (Å²) in [6, 6.07) is 5.59. The zero-order valence-electron chi connectivity index (χ0n) is 11.6. The summed E-state index contributed by atoms with van der Waals surface area (Å²) >= 11 is 12.1. The van der Waals surface area contributed by atoms with Crippen molar-refractivity contribution in [1.29, 1.82) is 0 Å². The Bertz CT molecular complexity index is 589. The first-order chi connectivity index (χ1) is 9.26. The maximum atomic E-state index is 11.2. The van der Waals surface area contributed by atoms with Crippen LogP contribution in [0.2, 0.25) is 10.0 Å². The number of benzene rings is 1. The van der Waals surface area contributed by atoms with E-state index in [2.05, 4.69) is 5.32 Å². The third-order valence-corrected chi connectivity index (χ3v) is 5.23. The van der Waals surface area contributed by atoms with Gasteiger partial charge in [-0.1, -0.05) is 29.3 Å². The van der Waals surface area contributed by atoms with Crippen molar-refractivity contribution in [2.75, 3.05) is 18.6 Å². The molecule has 3 nitrogen and oxygen atoms in total. The predicted octanol–water partition coefficient (Wildman–Crippen LogP) is 3.12. The Labute approximate surface area is 130 Å². The number of hydrogen-bond acceptors (Lipinski definition) is 3. The predicted molar refractivity (Wildman–Crippen MR) is 84.5 cm³/mol. The molecule has 1 aliphatic carbocycles. The smallest absolute Gasteiger partial charge is 0.148 e. The Morgan fingerprint density at radius 1 is 1.40 bits per heavy atom. The lowest BCUT2D eigenvalue weighted by molar-refractivity contribution is 0.541. The highest BCUT2D eigenvalue weighted by Crippen LogP contribution is 2.49. The van der Waals surface area contributed by atoms with Crippen LogP contribution in [0.25, 0.3) is 0 Å². The molecular formula is C14H19Cl2NO2S. The molecule has 2 rings (SSSR count). The molecule has 0 radical (unpaired) electrons. The number of sulfone groups is 1. The van der Waals surface area contributed by atoms with Gasteiger partial charge >= 0.3 is 0 Å². The van der Waals surface area contributed by atoms with Crippen molar-refractivity contribution in [3.05, 3.63) is 33.8 Å². The Kier molecular flexibility index (Phi) is 5.00. The van der Waals surface area contributed by atoms with Crippen LogP contribution in [0.1, 0.15) is 24.8 Å². The van der Waals surface area contributed by atoms with Crippen molar-refractivity contribution in [3.8, 4) is 0 Å². The van der Waals surface area contributed by atoms with Gasteiger partial charge in [-0.25, -0.2) is 8.42 Å². The van der Waals surface area contributed by atoms with Crippen LogP contribution in [0.15, 0.2) is 18.2 Å². The van der Waals surface area contributed by atoms with Gasteiger partial charge in [0.25, 0.3) is 0 Å². The van der Waals surface area contributed by atoms with E-state index in [0.717, 1.165) is 18.5 Å². The molecule has 112 valence electrons. The van der Waals surface area contributed by atoms with Crippen molar-refractivity contribution in [2.45, 2.75) is 25.3 Å². The molecule has 0 aliphatic heterocycles. The Morgan fingerprint density at radius 3 is 2.70 bits per heavy atom. The van der Waals surface area contributed by atoms with Gasteiger partial charge in [0, 0.05) is 22.3 Å². The van der Waals surface area contributed by atoms with E-state index in [0.29, 0.717) is 21.9 Å². The summed E-state index contributed by atoms with van der Waals surface area (Å²) in [7, 11) is -2.93. The molecule has 3 atom stereocenters. The fourth-order valence-electron chi connectivity index (χ4n) is 2.52. The van der Waals surface area contributed by atoms with E-state index in [1.54, 1.807) is 6.07 Å². The molecule has 3 unspecified atom stereocenters. The first kappa shape index (κ1) is 16.1. The molecule has 6 heteroatoms. The summed E-state index contributed by atoms with van der Waals surface area (Å²) in [5.41, 5.74) is 1.14.